The van der Waals surface area contributed by atoms with Crippen LogP contribution in [0.1, 0.15) is 12.5 Å². The van der Waals surface area contributed by atoms with E-state index in [1.807, 2.05) is 0 Å². The Morgan fingerprint density at radius 1 is 1.38 bits per heavy atom. The van der Waals surface area contributed by atoms with Gasteiger partial charge in [0, 0.05) is 5.56 Å². The van der Waals surface area contributed by atoms with Gasteiger partial charge in [0.25, 0.3) is 5.91 Å². The Labute approximate surface area is 122 Å². The summed E-state index contributed by atoms with van der Waals surface area (Å²) in [6.45, 7) is 2.10. The van der Waals surface area contributed by atoms with E-state index in [-0.39, 0.29) is 5.75 Å². The minimum atomic E-state index is -0.796. The first-order valence-electron chi connectivity index (χ1n) is 6.42. The van der Waals surface area contributed by atoms with Gasteiger partial charge in [0.05, 0.1) is 21.3 Å². The van der Waals surface area contributed by atoms with Crippen LogP contribution in [0.15, 0.2) is 18.2 Å². The lowest BCUT2D eigenvalue weighted by atomic mass is 10.1. The maximum Gasteiger partial charge on any atom is 0.413 e. The molecule has 0 bridgehead atoms. The fraction of sp³-hybridized carbons (Fsp3) is 0.429. The topological polar surface area (TPSA) is 69.1 Å². The molecule has 2 atom stereocenters. The molecule has 21 heavy (non-hydrogen) atoms. The average Bonchev–Trinajstić information content (AvgIpc) is 2.46. The molecule has 0 heterocycles. The lowest BCUT2D eigenvalue weighted by molar-refractivity contribution is -0.908. The quantitative estimate of drug-likeness (QED) is 0.810. The van der Waals surface area contributed by atoms with Crippen LogP contribution in [0.25, 0.3) is 0 Å². The minimum absolute atomic E-state index is 0.174. The van der Waals surface area contributed by atoms with Gasteiger partial charge in [-0.25, -0.2) is 9.18 Å². The Hall–Kier alpha value is -2.15. The third-order valence-electron chi connectivity index (χ3n) is 3.24. The van der Waals surface area contributed by atoms with Crippen LogP contribution < -0.4 is 15.0 Å². The molecule has 0 aliphatic carbocycles. The monoisotopic (exact) mass is 299 g/mol. The molecule has 0 saturated heterocycles. The predicted octanol–water partition coefficient (Wildman–Crippen LogP) is 0.120. The van der Waals surface area contributed by atoms with Gasteiger partial charge in [-0.1, -0.05) is 0 Å². The molecule has 7 heteroatoms. The van der Waals surface area contributed by atoms with Crippen molar-refractivity contribution in [2.45, 2.75) is 19.5 Å². The molecule has 6 nitrogen and oxygen atoms in total. The fourth-order valence-electron chi connectivity index (χ4n) is 1.78. The third kappa shape index (κ3) is 4.71. The lowest BCUT2D eigenvalue weighted by Gasteiger charge is -2.20. The molecule has 116 valence electrons. The zero-order chi connectivity index (χ0) is 16.0. The second kappa shape index (κ2) is 7.58. The number of nitrogens with one attached hydrogen (secondary N) is 2. The summed E-state index contributed by atoms with van der Waals surface area (Å²) in [5, 5.41) is 2.11. The SMILES string of the molecule is COC(=O)NC(=O)[C@H](C)[NH+](C)Cc1ccc(OC)c(F)c1. The molecule has 2 amide bonds. The number of amides is 2. The van der Waals surface area contributed by atoms with E-state index in [1.54, 1.807) is 20.0 Å². The lowest BCUT2D eigenvalue weighted by Crippen LogP contribution is -3.12. The van der Waals surface area contributed by atoms with E-state index in [9.17, 15) is 14.0 Å². The van der Waals surface area contributed by atoms with E-state index in [0.717, 1.165) is 10.5 Å². The molecule has 0 aliphatic rings. The van der Waals surface area contributed by atoms with Crippen molar-refractivity contribution in [3.8, 4) is 5.75 Å². The molecule has 1 aromatic carbocycles. The van der Waals surface area contributed by atoms with E-state index in [0.29, 0.717) is 6.54 Å². The molecule has 2 N–H and O–H groups in total. The van der Waals surface area contributed by atoms with Crippen molar-refractivity contribution in [2.24, 2.45) is 0 Å². The Morgan fingerprint density at radius 3 is 2.57 bits per heavy atom. The molecule has 1 rings (SSSR count). The molecule has 0 spiro atoms. The van der Waals surface area contributed by atoms with Crippen LogP contribution >= 0.6 is 0 Å². The van der Waals surface area contributed by atoms with E-state index in [4.69, 9.17) is 4.74 Å². The highest BCUT2D eigenvalue weighted by molar-refractivity contribution is 5.93. The Morgan fingerprint density at radius 2 is 2.05 bits per heavy atom. The van der Waals surface area contributed by atoms with Gasteiger partial charge in [-0.05, 0) is 25.1 Å². The number of alkyl carbamates (subject to hydrolysis) is 1. The second-order valence-corrected chi connectivity index (χ2v) is 4.69. The molecule has 0 aliphatic heterocycles. The summed E-state index contributed by atoms with van der Waals surface area (Å²) in [6, 6.07) is 4.15. The van der Waals surface area contributed by atoms with Gasteiger partial charge < -0.3 is 14.4 Å². The van der Waals surface area contributed by atoms with Crippen LogP contribution in [0, 0.1) is 5.82 Å². The number of hydrogen-bond donors (Lipinski definition) is 2. The fourth-order valence-corrected chi connectivity index (χ4v) is 1.78. The number of halogens is 1. The summed E-state index contributed by atoms with van der Waals surface area (Å²) < 4.78 is 22.8. The number of benzene rings is 1. The molecular formula is C14H20FN2O4+. The number of hydrogen-bond acceptors (Lipinski definition) is 4. The Bertz CT molecular complexity index is 522. The maximum atomic E-state index is 13.6. The van der Waals surface area contributed by atoms with E-state index >= 15 is 0 Å². The molecule has 0 fully saturated rings. The predicted molar refractivity (Wildman–Crippen MR) is 73.6 cm³/mol. The van der Waals surface area contributed by atoms with Crippen LogP contribution in [0.5, 0.6) is 5.75 Å². The van der Waals surface area contributed by atoms with Crippen molar-refractivity contribution in [1.29, 1.82) is 0 Å². The molecule has 0 saturated carbocycles. The number of imide groups is 1. The van der Waals surface area contributed by atoms with Crippen LogP contribution in [0.2, 0.25) is 0 Å². The van der Waals surface area contributed by atoms with Gasteiger partial charge in [-0.15, -0.1) is 0 Å². The largest absolute Gasteiger partial charge is 0.494 e. The second-order valence-electron chi connectivity index (χ2n) is 4.69. The number of carbonyl (C=O) groups is 2. The van der Waals surface area contributed by atoms with Crippen LogP contribution in [-0.4, -0.2) is 39.3 Å². The van der Waals surface area contributed by atoms with Gasteiger partial charge in [0.2, 0.25) is 0 Å². The van der Waals surface area contributed by atoms with Crippen LogP contribution in [0.4, 0.5) is 9.18 Å². The van der Waals surface area contributed by atoms with Gasteiger partial charge in [-0.2, -0.15) is 0 Å². The molecule has 0 radical (unpaired) electrons. The van der Waals surface area contributed by atoms with E-state index in [2.05, 4.69) is 10.1 Å². The number of quaternary nitrogens is 1. The highest BCUT2D eigenvalue weighted by atomic mass is 19.1. The first-order valence-corrected chi connectivity index (χ1v) is 6.42. The third-order valence-corrected chi connectivity index (χ3v) is 3.24. The van der Waals surface area contributed by atoms with Gasteiger partial charge >= 0.3 is 6.09 Å². The van der Waals surface area contributed by atoms with E-state index in [1.165, 1.54) is 26.4 Å². The maximum absolute atomic E-state index is 13.6. The van der Waals surface area contributed by atoms with Crippen molar-refractivity contribution in [1.82, 2.24) is 5.32 Å². The highest BCUT2D eigenvalue weighted by Crippen LogP contribution is 2.17. The number of carbonyl (C=O) groups excluding carboxylic acids is 2. The van der Waals surface area contributed by atoms with Crippen molar-refractivity contribution in [2.75, 3.05) is 21.3 Å². The number of ether oxygens (including phenoxy) is 2. The molecule has 0 aromatic heterocycles. The van der Waals surface area contributed by atoms with Crippen molar-refractivity contribution < 1.29 is 28.4 Å². The van der Waals surface area contributed by atoms with Crippen LogP contribution in [0.3, 0.4) is 0 Å². The first-order chi connectivity index (χ1) is 9.88. The molecular weight excluding hydrogens is 279 g/mol. The summed E-state index contributed by atoms with van der Waals surface area (Å²) >= 11 is 0. The van der Waals surface area contributed by atoms with Gasteiger partial charge in [0.15, 0.2) is 17.6 Å². The Kier molecular flexibility index (Phi) is 6.10. The molecule has 1 aromatic rings. The first kappa shape index (κ1) is 16.9. The standard InChI is InChI=1S/C14H19FN2O4/c1-9(13(18)16-14(19)21-4)17(2)8-10-5-6-12(20-3)11(15)7-10/h5-7,9H,8H2,1-4H3,(H,16,18,19)/p+1/t9-/m0/s1. The summed E-state index contributed by atoms with van der Waals surface area (Å²) in [4.78, 5) is 23.6. The van der Waals surface area contributed by atoms with Gasteiger partial charge in [0.1, 0.15) is 6.54 Å². The van der Waals surface area contributed by atoms with E-state index < -0.39 is 23.9 Å². The van der Waals surface area contributed by atoms with Crippen molar-refractivity contribution in [3.05, 3.63) is 29.6 Å². The zero-order valence-corrected chi connectivity index (χ0v) is 12.5. The smallest absolute Gasteiger partial charge is 0.413 e. The average molecular weight is 299 g/mol. The van der Waals surface area contributed by atoms with Crippen LogP contribution in [-0.2, 0) is 16.1 Å². The van der Waals surface area contributed by atoms with Gasteiger partial charge in [-0.3, -0.25) is 10.1 Å². The highest BCUT2D eigenvalue weighted by Gasteiger charge is 2.24. The number of rotatable bonds is 5. The van der Waals surface area contributed by atoms with Crippen molar-refractivity contribution in [3.63, 3.8) is 0 Å². The summed E-state index contributed by atoms with van der Waals surface area (Å²) in [5.41, 5.74) is 0.725. The normalized spacial score (nSPS) is 13.2. The number of methoxy groups -OCH3 is 2. The summed E-state index contributed by atoms with van der Waals surface area (Å²) in [7, 11) is 4.36. The van der Waals surface area contributed by atoms with Crippen molar-refractivity contribution >= 4 is 12.0 Å². The minimum Gasteiger partial charge on any atom is -0.494 e. The zero-order valence-electron chi connectivity index (χ0n) is 12.5. The number of likely N-dealkylation sites (N-methyl/N-ethyl adjacent to an activating group) is 1. The molecule has 1 unspecified atom stereocenters. The Balaban J connectivity index is 2.67. The summed E-state index contributed by atoms with van der Waals surface area (Å²) in [5.74, 6) is -0.726. The summed E-state index contributed by atoms with van der Waals surface area (Å²) in [6.07, 6.45) is -0.796.